The highest BCUT2D eigenvalue weighted by Crippen LogP contribution is 2.18. The predicted octanol–water partition coefficient (Wildman–Crippen LogP) is 2.97. The van der Waals surface area contributed by atoms with Gasteiger partial charge in [0.2, 0.25) is 0 Å². The highest BCUT2D eigenvalue weighted by atomic mass is 32.1. The van der Waals surface area contributed by atoms with Crippen LogP contribution in [0.3, 0.4) is 0 Å². The summed E-state index contributed by atoms with van der Waals surface area (Å²) in [7, 11) is 0. The van der Waals surface area contributed by atoms with Crippen LogP contribution in [0.25, 0.3) is 0 Å². The van der Waals surface area contributed by atoms with E-state index in [0.29, 0.717) is 18.1 Å². The van der Waals surface area contributed by atoms with Crippen molar-refractivity contribution in [2.75, 3.05) is 5.32 Å². The van der Waals surface area contributed by atoms with E-state index >= 15 is 0 Å². The van der Waals surface area contributed by atoms with E-state index in [0.717, 1.165) is 0 Å². The third-order valence-electron chi connectivity index (χ3n) is 2.31. The molecule has 2 rings (SSSR count). The Morgan fingerprint density at radius 1 is 1.47 bits per heavy atom. The van der Waals surface area contributed by atoms with E-state index in [-0.39, 0.29) is 5.69 Å². The van der Waals surface area contributed by atoms with Gasteiger partial charge in [0.25, 0.3) is 5.69 Å². The lowest BCUT2D eigenvalue weighted by atomic mass is 10.3. The van der Waals surface area contributed by atoms with E-state index in [2.05, 4.69) is 10.3 Å². The van der Waals surface area contributed by atoms with Crippen molar-refractivity contribution in [3.63, 3.8) is 0 Å². The molecule has 0 unspecified atom stereocenters. The number of pyridine rings is 1. The van der Waals surface area contributed by atoms with Crippen LogP contribution in [0, 0.1) is 17.0 Å². The molecule has 2 heterocycles. The number of nitrogens with zero attached hydrogens (tertiary/aromatic N) is 2. The minimum Gasteiger partial charge on any atom is -0.366 e. The zero-order valence-corrected chi connectivity index (χ0v) is 10.0. The summed E-state index contributed by atoms with van der Waals surface area (Å²) in [6.07, 6.45) is 0. The molecule has 0 spiro atoms. The Kier molecular flexibility index (Phi) is 3.34. The van der Waals surface area contributed by atoms with Crippen molar-refractivity contribution in [1.82, 2.24) is 4.98 Å². The first-order valence-electron chi connectivity index (χ1n) is 5.04. The molecule has 2 aromatic heterocycles. The normalized spacial score (nSPS) is 10.2. The Morgan fingerprint density at radius 2 is 2.29 bits per heavy atom. The van der Waals surface area contributed by atoms with E-state index in [1.807, 2.05) is 16.8 Å². The molecule has 88 valence electrons. The van der Waals surface area contributed by atoms with Crippen LogP contribution in [-0.2, 0) is 6.54 Å². The van der Waals surface area contributed by atoms with Crippen molar-refractivity contribution in [3.05, 3.63) is 50.3 Å². The topological polar surface area (TPSA) is 68.1 Å². The first-order valence-corrected chi connectivity index (χ1v) is 5.98. The van der Waals surface area contributed by atoms with Gasteiger partial charge in [-0.25, -0.2) is 4.98 Å². The summed E-state index contributed by atoms with van der Waals surface area (Å²) in [6.45, 7) is 2.31. The van der Waals surface area contributed by atoms with Gasteiger partial charge in [-0.05, 0) is 35.4 Å². The fourth-order valence-electron chi connectivity index (χ4n) is 1.43. The van der Waals surface area contributed by atoms with Crippen LogP contribution in [0.4, 0.5) is 11.5 Å². The first kappa shape index (κ1) is 11.5. The molecule has 0 aromatic carbocycles. The van der Waals surface area contributed by atoms with E-state index in [4.69, 9.17) is 0 Å². The molecule has 6 heteroatoms. The lowest BCUT2D eigenvalue weighted by Gasteiger charge is -2.05. The molecule has 0 radical (unpaired) electrons. The standard InChI is InChI=1S/C11H11N3O2S/c1-8-10(14(15)16)2-3-11(13-8)12-6-9-4-5-17-7-9/h2-5,7H,6H2,1H3,(H,12,13). The number of rotatable bonds is 4. The molecule has 2 aromatic rings. The molecular formula is C11H11N3O2S. The van der Waals surface area contributed by atoms with Crippen LogP contribution >= 0.6 is 11.3 Å². The first-order chi connectivity index (χ1) is 8.16. The zero-order chi connectivity index (χ0) is 12.3. The molecule has 0 aliphatic rings. The number of hydrogen-bond donors (Lipinski definition) is 1. The molecule has 17 heavy (non-hydrogen) atoms. The summed E-state index contributed by atoms with van der Waals surface area (Å²) in [5, 5.41) is 17.8. The van der Waals surface area contributed by atoms with E-state index < -0.39 is 4.92 Å². The second-order valence-corrected chi connectivity index (χ2v) is 4.32. The number of thiophene rings is 1. The maximum atomic E-state index is 10.6. The smallest absolute Gasteiger partial charge is 0.290 e. The molecule has 0 saturated heterocycles. The van der Waals surface area contributed by atoms with Crippen LogP contribution in [0.1, 0.15) is 11.3 Å². The zero-order valence-electron chi connectivity index (χ0n) is 9.21. The van der Waals surface area contributed by atoms with E-state index in [1.54, 1.807) is 24.3 Å². The van der Waals surface area contributed by atoms with Crippen molar-refractivity contribution < 1.29 is 4.92 Å². The highest BCUT2D eigenvalue weighted by Gasteiger charge is 2.11. The van der Waals surface area contributed by atoms with E-state index in [1.165, 1.54) is 11.6 Å². The number of hydrogen-bond acceptors (Lipinski definition) is 5. The van der Waals surface area contributed by atoms with Gasteiger partial charge in [-0.15, -0.1) is 0 Å². The SMILES string of the molecule is Cc1nc(NCc2ccsc2)ccc1[N+](=O)[O-]. The second kappa shape index (κ2) is 4.92. The van der Waals surface area contributed by atoms with Crippen molar-refractivity contribution in [1.29, 1.82) is 0 Å². The molecule has 1 N–H and O–H groups in total. The van der Waals surface area contributed by atoms with Gasteiger partial charge in [-0.2, -0.15) is 11.3 Å². The average molecular weight is 249 g/mol. The number of aromatic nitrogens is 1. The summed E-state index contributed by atoms with van der Waals surface area (Å²) in [4.78, 5) is 14.3. The van der Waals surface area contributed by atoms with Crippen molar-refractivity contribution in [2.45, 2.75) is 13.5 Å². The van der Waals surface area contributed by atoms with Crippen molar-refractivity contribution in [2.24, 2.45) is 0 Å². The van der Waals surface area contributed by atoms with Crippen LogP contribution < -0.4 is 5.32 Å². The van der Waals surface area contributed by atoms with Gasteiger partial charge in [0.15, 0.2) is 0 Å². The average Bonchev–Trinajstić information content (AvgIpc) is 2.78. The van der Waals surface area contributed by atoms with Crippen molar-refractivity contribution >= 4 is 22.8 Å². The molecule has 5 nitrogen and oxygen atoms in total. The second-order valence-electron chi connectivity index (χ2n) is 3.54. The van der Waals surface area contributed by atoms with Crippen LogP contribution in [0.2, 0.25) is 0 Å². The minimum atomic E-state index is -0.426. The third-order valence-corrected chi connectivity index (χ3v) is 3.04. The van der Waals surface area contributed by atoms with Gasteiger partial charge in [-0.3, -0.25) is 10.1 Å². The van der Waals surface area contributed by atoms with Gasteiger partial charge in [-0.1, -0.05) is 0 Å². The maximum Gasteiger partial charge on any atom is 0.290 e. The number of aryl methyl sites for hydroxylation is 1. The van der Waals surface area contributed by atoms with Gasteiger partial charge in [0.1, 0.15) is 11.5 Å². The molecule has 0 fully saturated rings. The molecule has 0 bridgehead atoms. The highest BCUT2D eigenvalue weighted by molar-refractivity contribution is 7.07. The van der Waals surface area contributed by atoms with Gasteiger partial charge >= 0.3 is 0 Å². The Balaban J connectivity index is 2.07. The molecular weight excluding hydrogens is 238 g/mol. The summed E-state index contributed by atoms with van der Waals surface area (Å²) in [6, 6.07) is 5.12. The summed E-state index contributed by atoms with van der Waals surface area (Å²) in [5.74, 6) is 0.652. The summed E-state index contributed by atoms with van der Waals surface area (Å²) < 4.78 is 0. The van der Waals surface area contributed by atoms with Gasteiger partial charge in [0, 0.05) is 12.6 Å². The number of nitrogens with one attached hydrogen (secondary N) is 1. The number of anilines is 1. The Bertz CT molecular complexity index is 526. The summed E-state index contributed by atoms with van der Waals surface area (Å²) >= 11 is 1.63. The molecule has 0 saturated carbocycles. The fraction of sp³-hybridized carbons (Fsp3) is 0.182. The monoisotopic (exact) mass is 249 g/mol. The fourth-order valence-corrected chi connectivity index (χ4v) is 2.10. The van der Waals surface area contributed by atoms with Crippen molar-refractivity contribution in [3.8, 4) is 0 Å². The number of nitro groups is 1. The lowest BCUT2D eigenvalue weighted by molar-refractivity contribution is -0.385. The van der Waals surface area contributed by atoms with Crippen LogP contribution in [0.5, 0.6) is 0 Å². The third kappa shape index (κ3) is 2.79. The largest absolute Gasteiger partial charge is 0.366 e. The van der Waals surface area contributed by atoms with Gasteiger partial charge < -0.3 is 5.32 Å². The van der Waals surface area contributed by atoms with Gasteiger partial charge in [0.05, 0.1) is 4.92 Å². The molecule has 0 aliphatic carbocycles. The lowest BCUT2D eigenvalue weighted by Crippen LogP contribution is -2.02. The van der Waals surface area contributed by atoms with Crippen LogP contribution in [-0.4, -0.2) is 9.91 Å². The summed E-state index contributed by atoms with van der Waals surface area (Å²) in [5.41, 5.74) is 1.64. The maximum absolute atomic E-state index is 10.6. The molecule has 0 aliphatic heterocycles. The van der Waals surface area contributed by atoms with Crippen LogP contribution in [0.15, 0.2) is 29.0 Å². The molecule has 0 amide bonds. The Hall–Kier alpha value is -1.95. The minimum absolute atomic E-state index is 0.0473. The molecule has 0 atom stereocenters. The quantitative estimate of drug-likeness (QED) is 0.668. The Labute approximate surface area is 102 Å². The van der Waals surface area contributed by atoms with E-state index in [9.17, 15) is 10.1 Å². The predicted molar refractivity (Wildman–Crippen MR) is 67.3 cm³/mol. The Morgan fingerprint density at radius 3 is 2.88 bits per heavy atom.